The van der Waals surface area contributed by atoms with Crippen molar-refractivity contribution in [2.75, 3.05) is 45.1 Å². The highest BCUT2D eigenvalue weighted by atomic mass is 32.2. The lowest BCUT2D eigenvalue weighted by molar-refractivity contribution is 0.0654. The number of nitrogens with zero attached hydrogens (tertiary/aromatic N) is 2. The summed E-state index contributed by atoms with van der Waals surface area (Å²) in [6.45, 7) is 4.98. The molecule has 23 heavy (non-hydrogen) atoms. The molecule has 1 aromatic rings. The van der Waals surface area contributed by atoms with Crippen LogP contribution in [0.1, 0.15) is 25.0 Å². The van der Waals surface area contributed by atoms with E-state index in [0.29, 0.717) is 19.0 Å². The normalized spacial score (nSPS) is 22.4. The van der Waals surface area contributed by atoms with Crippen molar-refractivity contribution in [2.45, 2.75) is 25.8 Å². The van der Waals surface area contributed by atoms with Crippen molar-refractivity contribution in [3.05, 3.63) is 24.2 Å². The number of ether oxygens (including phenoxy) is 1. The highest BCUT2D eigenvalue weighted by Gasteiger charge is 2.28. The molecule has 2 aliphatic rings. The van der Waals surface area contributed by atoms with Crippen LogP contribution in [0.5, 0.6) is 0 Å². The van der Waals surface area contributed by atoms with E-state index in [9.17, 15) is 8.42 Å². The number of hydrogen-bond donors (Lipinski definition) is 0. The van der Waals surface area contributed by atoms with Gasteiger partial charge >= 0.3 is 0 Å². The summed E-state index contributed by atoms with van der Waals surface area (Å²) in [6, 6.07) is 3.84. The monoisotopic (exact) mass is 342 g/mol. The first-order chi connectivity index (χ1) is 11.1. The molecule has 0 spiro atoms. The quantitative estimate of drug-likeness (QED) is 0.785. The van der Waals surface area contributed by atoms with Crippen LogP contribution in [0.3, 0.4) is 0 Å². The smallest absolute Gasteiger partial charge is 0.214 e. The van der Waals surface area contributed by atoms with E-state index in [-0.39, 0.29) is 5.75 Å². The Kier molecular flexibility index (Phi) is 5.74. The molecule has 0 amide bonds. The van der Waals surface area contributed by atoms with Crippen molar-refractivity contribution >= 4 is 10.0 Å². The fourth-order valence-corrected chi connectivity index (χ4v) is 4.88. The van der Waals surface area contributed by atoms with Gasteiger partial charge in [-0.15, -0.1) is 0 Å². The highest BCUT2D eigenvalue weighted by Crippen LogP contribution is 2.20. The lowest BCUT2D eigenvalue weighted by Crippen LogP contribution is -2.48. The Hall–Kier alpha value is -0.890. The minimum absolute atomic E-state index is 0.274. The van der Waals surface area contributed by atoms with E-state index in [1.165, 1.54) is 0 Å². The number of hydrogen-bond acceptors (Lipinski definition) is 5. The van der Waals surface area contributed by atoms with E-state index in [1.54, 1.807) is 10.6 Å². The minimum Gasteiger partial charge on any atom is -0.468 e. The summed E-state index contributed by atoms with van der Waals surface area (Å²) in [6.07, 6.45) is 4.42. The van der Waals surface area contributed by atoms with Crippen LogP contribution >= 0.6 is 0 Å². The summed E-state index contributed by atoms with van der Waals surface area (Å²) in [4.78, 5) is 2.24. The molecule has 0 saturated carbocycles. The Balaban J connectivity index is 1.44. The molecule has 3 rings (SSSR count). The summed E-state index contributed by atoms with van der Waals surface area (Å²) in [5.41, 5.74) is 0. The van der Waals surface area contributed by atoms with E-state index >= 15 is 0 Å². The van der Waals surface area contributed by atoms with Crippen LogP contribution in [0, 0.1) is 5.92 Å². The molecule has 2 fully saturated rings. The van der Waals surface area contributed by atoms with Gasteiger partial charge in [0.15, 0.2) is 0 Å². The van der Waals surface area contributed by atoms with Crippen LogP contribution in [-0.2, 0) is 21.3 Å². The predicted molar refractivity (Wildman–Crippen MR) is 87.5 cm³/mol. The third-order valence-electron chi connectivity index (χ3n) is 4.81. The lowest BCUT2D eigenvalue weighted by Gasteiger charge is -2.34. The molecule has 0 atom stereocenters. The minimum atomic E-state index is -3.13. The molecule has 3 heterocycles. The Morgan fingerprint density at radius 1 is 1.13 bits per heavy atom. The van der Waals surface area contributed by atoms with E-state index in [4.69, 9.17) is 9.15 Å². The van der Waals surface area contributed by atoms with Crippen molar-refractivity contribution in [3.8, 4) is 0 Å². The summed E-state index contributed by atoms with van der Waals surface area (Å²) in [7, 11) is -3.13. The van der Waals surface area contributed by atoms with Gasteiger partial charge in [-0.05, 0) is 37.3 Å². The number of piperazine rings is 1. The Morgan fingerprint density at radius 2 is 1.87 bits per heavy atom. The molecule has 0 unspecified atom stereocenters. The van der Waals surface area contributed by atoms with Gasteiger partial charge in [-0.1, -0.05) is 0 Å². The Morgan fingerprint density at radius 3 is 2.52 bits per heavy atom. The largest absolute Gasteiger partial charge is 0.468 e. The molecule has 2 saturated heterocycles. The van der Waals surface area contributed by atoms with Crippen LogP contribution in [0.2, 0.25) is 0 Å². The standard InChI is InChI=1S/C16H26N2O4S/c19-23(20,13-5-15-3-11-21-12-4-15)18-8-6-17(7-9-18)14-16-2-1-10-22-16/h1-2,10,15H,3-9,11-14H2. The van der Waals surface area contributed by atoms with Gasteiger partial charge in [0.05, 0.1) is 18.6 Å². The van der Waals surface area contributed by atoms with E-state index in [1.807, 2.05) is 12.1 Å². The van der Waals surface area contributed by atoms with Gasteiger partial charge in [0, 0.05) is 39.4 Å². The van der Waals surface area contributed by atoms with Crippen LogP contribution in [0.4, 0.5) is 0 Å². The average molecular weight is 342 g/mol. The molecule has 6 nitrogen and oxygen atoms in total. The van der Waals surface area contributed by atoms with Gasteiger partial charge in [0.2, 0.25) is 10.0 Å². The molecular formula is C16H26N2O4S. The van der Waals surface area contributed by atoms with Crippen LogP contribution < -0.4 is 0 Å². The molecule has 0 bridgehead atoms. The van der Waals surface area contributed by atoms with Crippen LogP contribution in [-0.4, -0.2) is 62.8 Å². The van der Waals surface area contributed by atoms with Crippen molar-refractivity contribution in [1.82, 2.24) is 9.21 Å². The Labute approximate surface area is 138 Å². The molecule has 7 heteroatoms. The first kappa shape index (κ1) is 17.0. The molecule has 130 valence electrons. The Bertz CT molecular complexity index is 559. The van der Waals surface area contributed by atoms with E-state index in [0.717, 1.165) is 57.9 Å². The highest BCUT2D eigenvalue weighted by molar-refractivity contribution is 7.89. The second kappa shape index (κ2) is 7.79. The van der Waals surface area contributed by atoms with Crippen LogP contribution in [0.15, 0.2) is 22.8 Å². The van der Waals surface area contributed by atoms with Crippen molar-refractivity contribution in [1.29, 1.82) is 0 Å². The van der Waals surface area contributed by atoms with Gasteiger partial charge in [0.1, 0.15) is 5.76 Å². The van der Waals surface area contributed by atoms with Gasteiger partial charge in [-0.2, -0.15) is 4.31 Å². The zero-order valence-corrected chi connectivity index (χ0v) is 14.3. The summed E-state index contributed by atoms with van der Waals surface area (Å²) in [5, 5.41) is 0. The summed E-state index contributed by atoms with van der Waals surface area (Å²) < 4.78 is 37.4. The second-order valence-corrected chi connectivity index (χ2v) is 8.50. The number of rotatable bonds is 6. The van der Waals surface area contributed by atoms with E-state index < -0.39 is 10.0 Å². The number of sulfonamides is 1. The third-order valence-corrected chi connectivity index (χ3v) is 6.71. The molecule has 1 aromatic heterocycles. The van der Waals surface area contributed by atoms with Gasteiger partial charge in [0.25, 0.3) is 0 Å². The maximum Gasteiger partial charge on any atom is 0.214 e. The second-order valence-electron chi connectivity index (χ2n) is 6.41. The molecule has 0 radical (unpaired) electrons. The summed E-state index contributed by atoms with van der Waals surface area (Å²) in [5.74, 6) is 1.70. The molecule has 0 aliphatic carbocycles. The van der Waals surface area contributed by atoms with E-state index in [2.05, 4.69) is 4.90 Å². The van der Waals surface area contributed by atoms with Crippen molar-refractivity contribution in [2.24, 2.45) is 5.92 Å². The topological polar surface area (TPSA) is 63.0 Å². The maximum atomic E-state index is 12.5. The lowest BCUT2D eigenvalue weighted by atomic mass is 9.98. The zero-order chi connectivity index (χ0) is 16.1. The van der Waals surface area contributed by atoms with Gasteiger partial charge in [-0.25, -0.2) is 8.42 Å². The van der Waals surface area contributed by atoms with Crippen molar-refractivity contribution in [3.63, 3.8) is 0 Å². The van der Waals surface area contributed by atoms with Gasteiger partial charge < -0.3 is 9.15 Å². The third kappa shape index (κ3) is 4.79. The average Bonchev–Trinajstić information content (AvgIpc) is 3.08. The first-order valence-corrected chi connectivity index (χ1v) is 10.0. The zero-order valence-electron chi connectivity index (χ0n) is 13.5. The van der Waals surface area contributed by atoms with Gasteiger partial charge in [-0.3, -0.25) is 4.90 Å². The molecule has 2 aliphatic heterocycles. The SMILES string of the molecule is O=S(=O)(CCC1CCOCC1)N1CCN(Cc2ccco2)CC1. The maximum absolute atomic E-state index is 12.5. The summed E-state index contributed by atoms with van der Waals surface area (Å²) >= 11 is 0. The fourth-order valence-electron chi connectivity index (χ4n) is 3.27. The van der Waals surface area contributed by atoms with Crippen LogP contribution in [0.25, 0.3) is 0 Å². The molecule has 0 aromatic carbocycles. The fraction of sp³-hybridized carbons (Fsp3) is 0.750. The first-order valence-electron chi connectivity index (χ1n) is 8.44. The van der Waals surface area contributed by atoms with Crippen molar-refractivity contribution < 1.29 is 17.6 Å². The predicted octanol–water partition coefficient (Wildman–Crippen LogP) is 1.54. The molecular weight excluding hydrogens is 316 g/mol. The number of furan rings is 1. The molecule has 0 N–H and O–H groups in total.